The Morgan fingerprint density at radius 2 is 0.768 bits per heavy atom. The molecule has 2 rings (SSSR count). The highest BCUT2D eigenvalue weighted by Gasteiger charge is 2.05. The lowest BCUT2D eigenvalue weighted by molar-refractivity contribution is 0.289. The van der Waals surface area contributed by atoms with Crippen LogP contribution in [0.2, 0.25) is 0 Å². The molecule has 3 heteroatoms. The van der Waals surface area contributed by atoms with Gasteiger partial charge in [-0.2, -0.15) is 0 Å². The molecular formula is C53H88O2S. The Kier molecular flexibility index (Phi) is 33.2. The van der Waals surface area contributed by atoms with Crippen molar-refractivity contribution in [2.75, 3.05) is 13.2 Å². The molecule has 0 aliphatic rings. The summed E-state index contributed by atoms with van der Waals surface area (Å²) in [6, 6.07) is 15.1. The maximum Gasteiger partial charge on any atom is 0.123 e. The minimum atomic E-state index is 0.757. The molecule has 0 atom stereocenters. The van der Waals surface area contributed by atoms with Crippen LogP contribution in [0.15, 0.2) is 48.5 Å². The second-order valence-corrected chi connectivity index (χ2v) is 17.3. The van der Waals surface area contributed by atoms with Gasteiger partial charge in [-0.25, -0.2) is 0 Å². The van der Waals surface area contributed by atoms with Gasteiger partial charge in [0.25, 0.3) is 0 Å². The van der Waals surface area contributed by atoms with Gasteiger partial charge in [0, 0.05) is 10.9 Å². The van der Waals surface area contributed by atoms with Crippen molar-refractivity contribution >= 4 is 23.2 Å². The number of ether oxygens (including phenoxy) is 2. The first-order valence-electron chi connectivity index (χ1n) is 24.4. The third-order valence-electron chi connectivity index (χ3n) is 11.4. The molecule has 318 valence electrons. The van der Waals surface area contributed by atoms with Crippen LogP contribution in [0, 0.1) is 0 Å². The van der Waals surface area contributed by atoms with Gasteiger partial charge < -0.3 is 9.47 Å². The van der Waals surface area contributed by atoms with Gasteiger partial charge in [0.1, 0.15) is 11.5 Å². The first-order valence-corrected chi connectivity index (χ1v) is 24.8. The summed E-state index contributed by atoms with van der Waals surface area (Å²) in [5, 5.41) is 0. The highest BCUT2D eigenvalue weighted by Crippen LogP contribution is 2.26. The molecule has 0 bridgehead atoms. The Hall–Kier alpha value is -2.13. The summed E-state index contributed by atoms with van der Waals surface area (Å²) in [6.45, 7) is 8.35. The van der Waals surface area contributed by atoms with E-state index in [-0.39, 0.29) is 0 Å². The fourth-order valence-corrected chi connectivity index (χ4v) is 7.87. The molecule has 2 aromatic carbocycles. The van der Waals surface area contributed by atoms with Crippen LogP contribution in [-0.4, -0.2) is 18.1 Å². The van der Waals surface area contributed by atoms with Crippen molar-refractivity contribution in [3.63, 3.8) is 0 Å². The molecule has 0 aromatic heterocycles. The predicted molar refractivity (Wildman–Crippen MR) is 253 cm³/mol. The van der Waals surface area contributed by atoms with Gasteiger partial charge in [0.15, 0.2) is 0 Å². The van der Waals surface area contributed by atoms with Crippen molar-refractivity contribution in [2.45, 2.75) is 233 Å². The zero-order chi connectivity index (χ0) is 40.0. The average molecular weight is 789 g/mol. The molecule has 0 unspecified atom stereocenters. The average Bonchev–Trinajstić information content (AvgIpc) is 3.22. The molecule has 0 radical (unpaired) electrons. The summed E-state index contributed by atoms with van der Waals surface area (Å²) in [5.74, 6) is 1.80. The molecule has 0 saturated heterocycles. The Morgan fingerprint density at radius 1 is 0.429 bits per heavy atom. The largest absolute Gasteiger partial charge is 0.493 e. The third-order valence-corrected chi connectivity index (χ3v) is 11.8. The summed E-state index contributed by atoms with van der Waals surface area (Å²) in [6.07, 6.45) is 49.0. The molecular weight excluding hydrogens is 701 g/mol. The number of aryl methyl sites for hydroxylation is 1. The Labute approximate surface area is 353 Å². The van der Waals surface area contributed by atoms with Crippen LogP contribution in [0.4, 0.5) is 0 Å². The second kappa shape index (κ2) is 37.2. The first-order chi connectivity index (χ1) is 27.7. The van der Waals surface area contributed by atoms with Gasteiger partial charge in [-0.15, -0.1) is 0 Å². The molecule has 0 heterocycles. The van der Waals surface area contributed by atoms with Crippen LogP contribution in [0.1, 0.15) is 243 Å². The zero-order valence-electron chi connectivity index (χ0n) is 37.2. The van der Waals surface area contributed by atoms with E-state index in [9.17, 15) is 0 Å². The van der Waals surface area contributed by atoms with E-state index in [0.717, 1.165) is 60.0 Å². The number of benzene rings is 2. The van der Waals surface area contributed by atoms with Gasteiger partial charge in [-0.1, -0.05) is 250 Å². The van der Waals surface area contributed by atoms with Gasteiger partial charge in [0.05, 0.1) is 13.2 Å². The fourth-order valence-electron chi connectivity index (χ4n) is 7.67. The molecule has 0 aliphatic carbocycles. The lowest BCUT2D eigenvalue weighted by Gasteiger charge is -2.12. The number of rotatable bonds is 40. The van der Waals surface area contributed by atoms with Crippen LogP contribution < -0.4 is 9.47 Å². The van der Waals surface area contributed by atoms with Crippen molar-refractivity contribution in [2.24, 2.45) is 0 Å². The van der Waals surface area contributed by atoms with E-state index >= 15 is 0 Å². The van der Waals surface area contributed by atoms with Gasteiger partial charge >= 0.3 is 0 Å². The van der Waals surface area contributed by atoms with E-state index in [2.05, 4.69) is 75.4 Å². The van der Waals surface area contributed by atoms with E-state index in [0.29, 0.717) is 0 Å². The van der Waals surface area contributed by atoms with Crippen LogP contribution >= 0.6 is 12.2 Å². The Morgan fingerprint density at radius 3 is 1.12 bits per heavy atom. The number of unbranched alkanes of at least 4 members (excludes halogenated alkanes) is 29. The third kappa shape index (κ3) is 28.3. The standard InChI is InChI=1S/C53H88O2S/c1-4-7-10-12-14-16-18-20-22-24-26-28-30-32-34-43-54-51-45-49(39-42-53(56)50-40-37-48(38-41-50)36-9-6-3)46-52(47-51)55-44-35-33-31-29-27-25-23-21-19-17-15-13-11-8-5-2/h37-42,45-47H,4-36,43-44H2,1-3H3. The second-order valence-electron chi connectivity index (χ2n) is 16.8. The van der Waals surface area contributed by atoms with Crippen LogP contribution in [0.25, 0.3) is 6.08 Å². The number of hydrogen-bond donors (Lipinski definition) is 0. The molecule has 0 saturated carbocycles. The van der Waals surface area contributed by atoms with Crippen molar-refractivity contribution < 1.29 is 9.47 Å². The number of hydrogen-bond acceptors (Lipinski definition) is 3. The van der Waals surface area contributed by atoms with E-state index < -0.39 is 0 Å². The quantitative estimate of drug-likeness (QED) is 0.0290. The van der Waals surface area contributed by atoms with Gasteiger partial charge in [-0.05, 0) is 60.6 Å². The summed E-state index contributed by atoms with van der Waals surface area (Å²) < 4.78 is 12.6. The van der Waals surface area contributed by atoms with Crippen molar-refractivity contribution in [1.82, 2.24) is 0 Å². The summed E-state index contributed by atoms with van der Waals surface area (Å²) in [5.41, 5.74) is 3.56. The monoisotopic (exact) mass is 789 g/mol. The summed E-state index contributed by atoms with van der Waals surface area (Å²) in [4.78, 5) is 0.858. The van der Waals surface area contributed by atoms with Crippen LogP contribution in [0.3, 0.4) is 0 Å². The molecule has 2 aromatic rings. The number of thiocarbonyl (C=S) groups is 1. The van der Waals surface area contributed by atoms with Gasteiger partial charge in [0.2, 0.25) is 0 Å². The normalized spacial score (nSPS) is 11.5. The van der Waals surface area contributed by atoms with Crippen molar-refractivity contribution in [3.05, 3.63) is 65.2 Å². The van der Waals surface area contributed by atoms with Crippen molar-refractivity contribution in [1.29, 1.82) is 0 Å². The topological polar surface area (TPSA) is 18.5 Å². The van der Waals surface area contributed by atoms with E-state index in [1.165, 1.54) is 198 Å². The van der Waals surface area contributed by atoms with E-state index in [1.54, 1.807) is 0 Å². The van der Waals surface area contributed by atoms with Crippen molar-refractivity contribution in [3.8, 4) is 11.5 Å². The molecule has 0 spiro atoms. The Bertz CT molecular complexity index is 1150. The highest BCUT2D eigenvalue weighted by molar-refractivity contribution is 7.81. The molecule has 0 aliphatic heterocycles. The highest BCUT2D eigenvalue weighted by atomic mass is 32.1. The number of allylic oxidation sites excluding steroid dienone is 1. The van der Waals surface area contributed by atoms with E-state index in [1.807, 2.05) is 0 Å². The molecule has 56 heavy (non-hydrogen) atoms. The lowest BCUT2D eigenvalue weighted by atomic mass is 10.0. The van der Waals surface area contributed by atoms with Crippen LogP contribution in [-0.2, 0) is 6.42 Å². The van der Waals surface area contributed by atoms with Crippen LogP contribution in [0.5, 0.6) is 11.5 Å². The Balaban J connectivity index is 1.71. The first kappa shape index (κ1) is 50.0. The van der Waals surface area contributed by atoms with Gasteiger partial charge in [-0.3, -0.25) is 0 Å². The smallest absolute Gasteiger partial charge is 0.123 e. The fraction of sp³-hybridized carbons (Fsp3) is 0.717. The minimum Gasteiger partial charge on any atom is -0.493 e. The van der Waals surface area contributed by atoms with E-state index in [4.69, 9.17) is 21.7 Å². The maximum atomic E-state index is 6.32. The summed E-state index contributed by atoms with van der Waals surface area (Å²) >= 11 is 5.82. The maximum absolute atomic E-state index is 6.32. The molecule has 2 nitrogen and oxygen atoms in total. The molecule has 0 amide bonds. The zero-order valence-corrected chi connectivity index (χ0v) is 38.0. The molecule has 0 N–H and O–H groups in total. The predicted octanol–water partition coefficient (Wildman–Crippen LogP) is 18.0. The molecule has 0 fully saturated rings. The lowest BCUT2D eigenvalue weighted by Crippen LogP contribution is -2.01. The summed E-state index contributed by atoms with van der Waals surface area (Å²) in [7, 11) is 0. The SMILES string of the molecule is CCCCCCCCCCCCCCCCCOc1cc(C=CC(=S)c2ccc(CCCC)cc2)cc(OCCCCCCCCCCCCCCCCC)c1. The minimum absolute atomic E-state index is 0.757.